The number of rotatable bonds is 6. The molecule has 3 amide bonds. The minimum atomic E-state index is -0.516. The Kier molecular flexibility index (Phi) is 5.20. The number of ether oxygens (including phenoxy) is 1. The Bertz CT molecular complexity index is 804. The fraction of sp³-hybridized carbons (Fsp3) is 0.526. The minimum Gasteiger partial charge on any atom is -0.497 e. The van der Waals surface area contributed by atoms with Gasteiger partial charge in [-0.15, -0.1) is 11.8 Å². The highest BCUT2D eigenvalue weighted by Gasteiger charge is 2.55. The van der Waals surface area contributed by atoms with Crippen molar-refractivity contribution in [1.82, 2.24) is 20.2 Å². The summed E-state index contributed by atoms with van der Waals surface area (Å²) in [7, 11) is 1.54. The van der Waals surface area contributed by atoms with Crippen molar-refractivity contribution in [2.45, 2.75) is 37.3 Å². The lowest BCUT2D eigenvalue weighted by Crippen LogP contribution is -2.66. The summed E-state index contributed by atoms with van der Waals surface area (Å²) < 4.78 is 5.17. The Balaban J connectivity index is 1.55. The Morgan fingerprint density at radius 2 is 2.18 bits per heavy atom. The number of urea groups is 1. The molecule has 3 saturated heterocycles. The average Bonchev–Trinajstić information content (AvgIpc) is 3.30. The second-order valence-electron chi connectivity index (χ2n) is 7.11. The van der Waals surface area contributed by atoms with E-state index in [0.29, 0.717) is 17.9 Å². The van der Waals surface area contributed by atoms with Crippen LogP contribution in [-0.4, -0.2) is 76.1 Å². The van der Waals surface area contributed by atoms with Crippen LogP contribution in [0.1, 0.15) is 30.1 Å². The van der Waals surface area contributed by atoms with Gasteiger partial charge in [0.25, 0.3) is 0 Å². The third-order valence-corrected chi connectivity index (χ3v) is 6.73. The zero-order valence-electron chi connectivity index (χ0n) is 16.0. The van der Waals surface area contributed by atoms with Crippen molar-refractivity contribution in [1.29, 1.82) is 0 Å². The Morgan fingerprint density at radius 3 is 2.93 bits per heavy atom. The molecule has 4 rings (SSSR count). The number of carbonyl (C=O) groups excluding carboxylic acids is 3. The summed E-state index contributed by atoms with van der Waals surface area (Å²) in [5.41, 5.74) is 3.58. The predicted molar refractivity (Wildman–Crippen MR) is 105 cm³/mol. The number of ketones is 1. The number of hydrazine groups is 1. The Morgan fingerprint density at radius 1 is 1.36 bits per heavy atom. The van der Waals surface area contributed by atoms with Crippen molar-refractivity contribution in [3.05, 3.63) is 29.8 Å². The van der Waals surface area contributed by atoms with Crippen LogP contribution in [-0.2, 0) is 4.79 Å². The molecule has 0 radical (unpaired) electrons. The lowest BCUT2D eigenvalue weighted by molar-refractivity contribution is -0.144. The summed E-state index contributed by atoms with van der Waals surface area (Å²) in [6.45, 7) is 2.48. The fourth-order valence-electron chi connectivity index (χ4n) is 4.04. The van der Waals surface area contributed by atoms with Gasteiger partial charge in [-0.2, -0.15) is 5.43 Å². The van der Waals surface area contributed by atoms with Crippen molar-refractivity contribution >= 4 is 29.5 Å². The molecule has 0 saturated carbocycles. The van der Waals surface area contributed by atoms with Gasteiger partial charge in [0.1, 0.15) is 17.5 Å². The highest BCUT2D eigenvalue weighted by molar-refractivity contribution is 8.00. The number of fused-ring (bicyclic) bond motifs is 3. The molecule has 0 aliphatic carbocycles. The lowest BCUT2D eigenvalue weighted by atomic mass is 10.1. The van der Waals surface area contributed by atoms with E-state index in [2.05, 4.69) is 5.43 Å². The van der Waals surface area contributed by atoms with Crippen LogP contribution in [0.2, 0.25) is 0 Å². The van der Waals surface area contributed by atoms with Crippen LogP contribution < -0.4 is 10.2 Å². The quantitative estimate of drug-likeness (QED) is 0.724. The van der Waals surface area contributed by atoms with E-state index < -0.39 is 6.29 Å². The van der Waals surface area contributed by atoms with Crippen LogP contribution in [0.3, 0.4) is 0 Å². The summed E-state index contributed by atoms with van der Waals surface area (Å²) in [6.07, 6.45) is 1.08. The molecule has 3 unspecified atom stereocenters. The summed E-state index contributed by atoms with van der Waals surface area (Å²) in [5.74, 6) is 1.34. The molecule has 1 aromatic rings. The molecule has 0 aromatic heterocycles. The van der Waals surface area contributed by atoms with Crippen molar-refractivity contribution in [3.8, 4) is 5.75 Å². The van der Waals surface area contributed by atoms with Gasteiger partial charge in [0, 0.05) is 12.1 Å². The molecule has 3 aliphatic heterocycles. The number of methoxy groups -OCH3 is 1. The van der Waals surface area contributed by atoms with Gasteiger partial charge >= 0.3 is 6.03 Å². The second kappa shape index (κ2) is 7.63. The molecule has 9 heteroatoms. The molecule has 150 valence electrons. The average molecular weight is 404 g/mol. The maximum atomic E-state index is 13.1. The number of nitrogens with zero attached hydrogens (tertiary/aromatic N) is 3. The topological polar surface area (TPSA) is 82.2 Å². The van der Waals surface area contributed by atoms with Crippen LogP contribution in [0.4, 0.5) is 4.79 Å². The van der Waals surface area contributed by atoms with E-state index in [0.717, 1.165) is 18.6 Å². The molecule has 8 nitrogen and oxygen atoms in total. The van der Waals surface area contributed by atoms with Gasteiger partial charge in [-0.1, -0.05) is 19.1 Å². The molecule has 3 heterocycles. The monoisotopic (exact) mass is 404 g/mol. The SMILES string of the molecule is CCCN1C(=O)C2SCCC2N2C(=O)N(CC(=O)c3cccc(OC)c3)NC12. The molecule has 0 spiro atoms. The highest BCUT2D eigenvalue weighted by atomic mass is 32.2. The first-order valence-corrected chi connectivity index (χ1v) is 10.6. The Hall–Kier alpha value is -2.26. The molecule has 3 fully saturated rings. The molecule has 3 aliphatic rings. The van der Waals surface area contributed by atoms with Crippen LogP contribution in [0.5, 0.6) is 5.75 Å². The smallest absolute Gasteiger partial charge is 0.337 e. The normalized spacial score (nSPS) is 26.5. The molecule has 1 N–H and O–H groups in total. The van der Waals surface area contributed by atoms with Gasteiger partial charge in [-0.3, -0.25) is 14.5 Å². The first kappa shape index (κ1) is 19.1. The second-order valence-corrected chi connectivity index (χ2v) is 8.36. The summed E-state index contributed by atoms with van der Waals surface area (Å²) in [6, 6.07) is 6.51. The highest BCUT2D eigenvalue weighted by Crippen LogP contribution is 2.39. The number of hydrogen-bond acceptors (Lipinski definition) is 6. The van der Waals surface area contributed by atoms with Crippen LogP contribution >= 0.6 is 11.8 Å². The molecule has 0 bridgehead atoms. The first-order valence-electron chi connectivity index (χ1n) is 9.50. The van der Waals surface area contributed by atoms with Crippen molar-refractivity contribution in [2.75, 3.05) is 26.0 Å². The van der Waals surface area contributed by atoms with E-state index in [-0.39, 0.29) is 35.6 Å². The third-order valence-electron chi connectivity index (χ3n) is 5.38. The van der Waals surface area contributed by atoms with E-state index in [9.17, 15) is 14.4 Å². The van der Waals surface area contributed by atoms with Crippen molar-refractivity contribution < 1.29 is 19.1 Å². The van der Waals surface area contributed by atoms with Crippen LogP contribution in [0.25, 0.3) is 0 Å². The summed E-state index contributed by atoms with van der Waals surface area (Å²) in [4.78, 5) is 42.2. The third kappa shape index (κ3) is 3.12. The summed E-state index contributed by atoms with van der Waals surface area (Å²) >= 11 is 1.62. The Labute approximate surface area is 168 Å². The molecule has 3 atom stereocenters. The van der Waals surface area contributed by atoms with Crippen molar-refractivity contribution in [2.24, 2.45) is 0 Å². The molecular weight excluding hydrogens is 380 g/mol. The van der Waals surface area contributed by atoms with E-state index >= 15 is 0 Å². The van der Waals surface area contributed by atoms with Gasteiger partial charge in [0.05, 0.1) is 13.2 Å². The maximum Gasteiger partial charge on any atom is 0.337 e. The van der Waals surface area contributed by atoms with E-state index in [1.165, 1.54) is 5.01 Å². The molecule has 28 heavy (non-hydrogen) atoms. The van der Waals surface area contributed by atoms with E-state index in [1.54, 1.807) is 52.9 Å². The minimum absolute atomic E-state index is 0.0804. The standard InChI is InChI=1S/C19H24N4O4S/c1-3-8-21-17(25)16-14(7-9-28-16)23-18(21)20-22(19(23)26)11-15(24)12-5-4-6-13(10-12)27-2/h4-6,10,14,16,18,20H,3,7-9,11H2,1-2H3. The van der Waals surface area contributed by atoms with E-state index in [4.69, 9.17) is 4.74 Å². The largest absolute Gasteiger partial charge is 0.497 e. The fourth-order valence-corrected chi connectivity index (χ4v) is 5.44. The van der Waals surface area contributed by atoms with Gasteiger partial charge in [0.15, 0.2) is 12.1 Å². The number of amides is 3. The first-order chi connectivity index (χ1) is 13.5. The van der Waals surface area contributed by atoms with Crippen LogP contribution in [0, 0.1) is 0 Å². The molecular formula is C19H24N4O4S. The molecule has 1 aromatic carbocycles. The van der Waals surface area contributed by atoms with Gasteiger partial charge < -0.3 is 9.64 Å². The number of hydrogen-bond donors (Lipinski definition) is 1. The van der Waals surface area contributed by atoms with Gasteiger partial charge in [-0.05, 0) is 30.7 Å². The number of nitrogens with one attached hydrogen (secondary N) is 1. The van der Waals surface area contributed by atoms with Gasteiger partial charge in [0.2, 0.25) is 5.91 Å². The number of benzene rings is 1. The number of thioether (sulfide) groups is 1. The zero-order valence-corrected chi connectivity index (χ0v) is 16.8. The number of Topliss-reactive ketones (excluding diaryl/α,β-unsaturated/α-hetero) is 1. The number of carbonyl (C=O) groups is 3. The lowest BCUT2D eigenvalue weighted by Gasteiger charge is -2.44. The maximum absolute atomic E-state index is 13.1. The zero-order chi connectivity index (χ0) is 19.8. The predicted octanol–water partition coefficient (Wildman–Crippen LogP) is 1.53. The van der Waals surface area contributed by atoms with E-state index in [1.807, 2.05) is 6.92 Å². The van der Waals surface area contributed by atoms with Crippen LogP contribution in [0.15, 0.2) is 24.3 Å². The summed E-state index contributed by atoms with van der Waals surface area (Å²) in [5, 5.41) is 1.14. The van der Waals surface area contributed by atoms with Crippen molar-refractivity contribution in [3.63, 3.8) is 0 Å². The van der Waals surface area contributed by atoms with Gasteiger partial charge in [-0.25, -0.2) is 9.80 Å².